The first kappa shape index (κ1) is 72.3. The van der Waals surface area contributed by atoms with Crippen LogP contribution in [0.1, 0.15) is 310 Å². The molecule has 6 heteroatoms. The number of carbonyl (C=O) groups excluding carboxylic acids is 3. The third-order valence-corrected chi connectivity index (χ3v) is 13.8. The lowest BCUT2D eigenvalue weighted by Crippen LogP contribution is -2.30. The topological polar surface area (TPSA) is 78.9 Å². The smallest absolute Gasteiger partial charge is 0.306 e. The van der Waals surface area contributed by atoms with Gasteiger partial charge in [-0.1, -0.05) is 291 Å². The Hall–Kier alpha value is -3.67. The van der Waals surface area contributed by atoms with Crippen molar-refractivity contribution in [1.29, 1.82) is 0 Å². The van der Waals surface area contributed by atoms with E-state index in [4.69, 9.17) is 14.2 Å². The largest absolute Gasteiger partial charge is 0.462 e. The molecular weight excluding hydrogens is 937 g/mol. The Morgan fingerprint density at radius 2 is 0.526 bits per heavy atom. The summed E-state index contributed by atoms with van der Waals surface area (Å²) in [5.74, 6) is -0.949. The maximum Gasteiger partial charge on any atom is 0.306 e. The summed E-state index contributed by atoms with van der Waals surface area (Å²) in [5.41, 5.74) is 0. The van der Waals surface area contributed by atoms with Gasteiger partial charge in [0.15, 0.2) is 6.10 Å². The molecule has 0 aromatic heterocycles. The van der Waals surface area contributed by atoms with E-state index in [1.54, 1.807) is 0 Å². The van der Waals surface area contributed by atoms with Gasteiger partial charge in [-0.05, 0) is 96.3 Å². The molecule has 0 saturated heterocycles. The molecule has 6 nitrogen and oxygen atoms in total. The number of carbonyl (C=O) groups is 3. The molecule has 0 bridgehead atoms. The summed E-state index contributed by atoms with van der Waals surface area (Å²) in [5, 5.41) is 0. The molecule has 0 spiro atoms. The molecule has 0 aliphatic heterocycles. The summed E-state index contributed by atoms with van der Waals surface area (Å²) >= 11 is 0. The molecule has 0 radical (unpaired) electrons. The molecule has 0 fully saturated rings. The highest BCUT2D eigenvalue weighted by Gasteiger charge is 2.19. The lowest BCUT2D eigenvalue weighted by Gasteiger charge is -2.18. The van der Waals surface area contributed by atoms with Crippen LogP contribution in [0.2, 0.25) is 0 Å². The van der Waals surface area contributed by atoms with Gasteiger partial charge < -0.3 is 14.2 Å². The third-order valence-electron chi connectivity index (χ3n) is 13.8. The molecule has 0 heterocycles. The van der Waals surface area contributed by atoms with Crippen molar-refractivity contribution < 1.29 is 28.6 Å². The van der Waals surface area contributed by atoms with Crippen molar-refractivity contribution in [2.24, 2.45) is 0 Å². The third kappa shape index (κ3) is 61.2. The van der Waals surface area contributed by atoms with E-state index >= 15 is 0 Å². The number of hydrogen-bond acceptors (Lipinski definition) is 6. The highest BCUT2D eigenvalue weighted by molar-refractivity contribution is 5.71. The van der Waals surface area contributed by atoms with E-state index in [1.165, 1.54) is 173 Å². The number of esters is 3. The van der Waals surface area contributed by atoms with E-state index < -0.39 is 6.10 Å². The van der Waals surface area contributed by atoms with Crippen molar-refractivity contribution in [3.8, 4) is 0 Å². The average Bonchev–Trinajstić information content (AvgIpc) is 3.42. The Labute approximate surface area is 470 Å². The van der Waals surface area contributed by atoms with Crippen LogP contribution in [0, 0.1) is 0 Å². The monoisotopic (exact) mass is 1060 g/mol. The maximum absolute atomic E-state index is 12.9. The molecule has 0 N–H and O–H groups in total. The first-order valence-electron chi connectivity index (χ1n) is 32.2. The Bertz CT molecular complexity index is 1490. The van der Waals surface area contributed by atoms with Gasteiger partial charge in [0, 0.05) is 19.3 Å². The van der Waals surface area contributed by atoms with E-state index in [0.717, 1.165) is 89.9 Å². The average molecular weight is 1060 g/mol. The van der Waals surface area contributed by atoms with Crippen LogP contribution >= 0.6 is 0 Å². The van der Waals surface area contributed by atoms with Gasteiger partial charge in [0.25, 0.3) is 0 Å². The van der Waals surface area contributed by atoms with Crippen molar-refractivity contribution in [1.82, 2.24) is 0 Å². The minimum atomic E-state index is -0.804. The quantitative estimate of drug-likeness (QED) is 0.0261. The van der Waals surface area contributed by atoms with Gasteiger partial charge in [0.1, 0.15) is 13.2 Å². The lowest BCUT2D eigenvalue weighted by atomic mass is 10.0. The van der Waals surface area contributed by atoms with Crippen molar-refractivity contribution >= 4 is 17.9 Å². The number of unbranched alkanes of at least 4 members (excludes halogenated alkanes) is 31. The van der Waals surface area contributed by atoms with E-state index in [2.05, 4.69) is 118 Å². The van der Waals surface area contributed by atoms with Crippen LogP contribution in [0.4, 0.5) is 0 Å². The number of hydrogen-bond donors (Lipinski definition) is 0. The normalized spacial score (nSPS) is 12.7. The minimum absolute atomic E-state index is 0.0948. The molecule has 0 rings (SSSR count). The highest BCUT2D eigenvalue weighted by atomic mass is 16.6. The van der Waals surface area contributed by atoms with E-state index in [1.807, 2.05) is 0 Å². The van der Waals surface area contributed by atoms with Gasteiger partial charge in [0.2, 0.25) is 0 Å². The predicted octanol–water partition coefficient (Wildman–Crippen LogP) is 22.0. The Balaban J connectivity index is 4.47. The molecule has 1 unspecified atom stereocenters. The van der Waals surface area contributed by atoms with E-state index in [0.29, 0.717) is 19.3 Å². The summed E-state index contributed by atoms with van der Waals surface area (Å²) in [6.07, 6.45) is 85.6. The second kappa shape index (κ2) is 63.9. The predicted molar refractivity (Wildman–Crippen MR) is 330 cm³/mol. The first-order valence-corrected chi connectivity index (χ1v) is 32.2. The van der Waals surface area contributed by atoms with Crippen LogP contribution in [-0.4, -0.2) is 37.2 Å². The summed E-state index contributed by atoms with van der Waals surface area (Å²) in [6.45, 7) is 6.51. The maximum atomic E-state index is 12.9. The van der Waals surface area contributed by atoms with Crippen LogP contribution in [0.25, 0.3) is 0 Å². The molecule has 0 aliphatic rings. The molecule has 0 aromatic carbocycles. The summed E-state index contributed by atoms with van der Waals surface area (Å²) < 4.78 is 16.9. The fraction of sp³-hybridized carbons (Fsp3) is 0.729. The molecule has 0 amide bonds. The molecule has 0 aliphatic carbocycles. The number of ether oxygens (including phenoxy) is 3. The Kier molecular flexibility index (Phi) is 60.8. The molecule has 76 heavy (non-hydrogen) atoms. The molecule has 436 valence electrons. The Morgan fingerprint density at radius 1 is 0.276 bits per heavy atom. The van der Waals surface area contributed by atoms with E-state index in [-0.39, 0.29) is 37.5 Å². The SMILES string of the molecule is CC/C=C\C/C=C\C/C=C\C/C=C\C/C=C\C/C=C\C/C=C\CCCC(=O)OCC(COC(=O)CCCCCCCCCCCCCCCCCCC)OC(=O)CCCCCCCCC/C=C\CCCCCCCCC. The standard InChI is InChI=1S/C70H120O6/c1-4-7-10-13-16-19-22-25-28-31-33-34-35-36-37-40-42-45-48-51-54-57-60-63-69(72)75-66-67(65-74-68(71)62-59-56-53-50-47-44-41-38-30-27-24-21-18-15-12-9-6-3)76-70(73)64-61-58-55-52-49-46-43-39-32-29-26-23-20-17-14-11-8-5-2/h7,10,16,19,25,28-29,32-34,36-37,42,45,51,54,67H,4-6,8-9,11-15,17-18,20-24,26-27,30-31,35,38-41,43-44,46-50,52-53,55-66H2,1-3H3/b10-7-,19-16-,28-25-,32-29-,34-33-,37-36-,45-42-,54-51-. The van der Waals surface area contributed by atoms with Gasteiger partial charge in [-0.3, -0.25) is 14.4 Å². The van der Waals surface area contributed by atoms with Crippen LogP contribution in [0.5, 0.6) is 0 Å². The first-order chi connectivity index (χ1) is 37.5. The van der Waals surface area contributed by atoms with Crippen LogP contribution < -0.4 is 0 Å². The van der Waals surface area contributed by atoms with Crippen molar-refractivity contribution in [3.63, 3.8) is 0 Å². The zero-order valence-corrected chi connectivity index (χ0v) is 50.0. The summed E-state index contributed by atoms with van der Waals surface area (Å²) in [6, 6.07) is 0. The van der Waals surface area contributed by atoms with Gasteiger partial charge in [0.05, 0.1) is 0 Å². The van der Waals surface area contributed by atoms with Crippen LogP contribution in [0.3, 0.4) is 0 Å². The van der Waals surface area contributed by atoms with Crippen molar-refractivity contribution in [2.45, 2.75) is 316 Å². The lowest BCUT2D eigenvalue weighted by molar-refractivity contribution is -0.167. The molecular formula is C70H120O6. The second-order valence-electron chi connectivity index (χ2n) is 21.3. The fourth-order valence-corrected chi connectivity index (χ4v) is 9.02. The highest BCUT2D eigenvalue weighted by Crippen LogP contribution is 2.16. The second-order valence-corrected chi connectivity index (χ2v) is 21.3. The molecule has 0 aromatic rings. The van der Waals surface area contributed by atoms with Gasteiger partial charge in [-0.15, -0.1) is 0 Å². The zero-order valence-electron chi connectivity index (χ0n) is 50.0. The zero-order chi connectivity index (χ0) is 55.0. The fourth-order valence-electron chi connectivity index (χ4n) is 9.02. The van der Waals surface area contributed by atoms with Gasteiger partial charge in [-0.2, -0.15) is 0 Å². The van der Waals surface area contributed by atoms with Gasteiger partial charge in [-0.25, -0.2) is 0 Å². The van der Waals surface area contributed by atoms with Crippen LogP contribution in [0.15, 0.2) is 97.2 Å². The van der Waals surface area contributed by atoms with Crippen LogP contribution in [-0.2, 0) is 28.6 Å². The summed E-state index contributed by atoms with van der Waals surface area (Å²) in [4.78, 5) is 38.3. The number of rotatable bonds is 58. The minimum Gasteiger partial charge on any atom is -0.462 e. The molecule has 0 saturated carbocycles. The summed E-state index contributed by atoms with van der Waals surface area (Å²) in [7, 11) is 0. The molecule has 1 atom stereocenters. The van der Waals surface area contributed by atoms with Gasteiger partial charge >= 0.3 is 17.9 Å². The van der Waals surface area contributed by atoms with E-state index in [9.17, 15) is 14.4 Å². The van der Waals surface area contributed by atoms with Crippen molar-refractivity contribution in [3.05, 3.63) is 97.2 Å². The van der Waals surface area contributed by atoms with Crippen molar-refractivity contribution in [2.75, 3.05) is 13.2 Å². The number of allylic oxidation sites excluding steroid dienone is 16. The Morgan fingerprint density at radius 3 is 0.868 bits per heavy atom.